The van der Waals surface area contributed by atoms with Crippen molar-refractivity contribution in [1.82, 2.24) is 9.78 Å². The smallest absolute Gasteiger partial charge is 0.341 e. The molecule has 0 saturated carbocycles. The fourth-order valence-electron chi connectivity index (χ4n) is 2.95. The molecule has 2 aromatic heterocycles. The van der Waals surface area contributed by atoms with E-state index in [1.807, 2.05) is 0 Å². The van der Waals surface area contributed by atoms with E-state index in [9.17, 15) is 24.5 Å². The minimum atomic E-state index is -0.613. The molecule has 11 heteroatoms. The lowest BCUT2D eigenvalue weighted by Gasteiger charge is -2.08. The van der Waals surface area contributed by atoms with Gasteiger partial charge in [0.25, 0.3) is 0 Å². The molecular weight excluding hydrogens is 400 g/mol. The van der Waals surface area contributed by atoms with Gasteiger partial charge in [-0.25, -0.2) is 4.79 Å². The fraction of sp³-hybridized carbons (Fsp3) is 0.444. The Bertz CT molecular complexity index is 991. The zero-order valence-corrected chi connectivity index (χ0v) is 17.6. The lowest BCUT2D eigenvalue weighted by Crippen LogP contribution is -2.17. The number of esters is 1. The Morgan fingerprint density at radius 2 is 1.93 bits per heavy atom. The van der Waals surface area contributed by atoms with Crippen molar-refractivity contribution in [1.29, 1.82) is 0 Å². The molecule has 2 heterocycles. The quantitative estimate of drug-likeness (QED) is 0.299. The van der Waals surface area contributed by atoms with Gasteiger partial charge < -0.3 is 10.1 Å². The van der Waals surface area contributed by atoms with Crippen LogP contribution in [0.25, 0.3) is 0 Å². The normalized spacial score (nSPS) is 10.7. The van der Waals surface area contributed by atoms with Crippen LogP contribution in [-0.4, -0.2) is 39.0 Å². The number of carbonyl (C=O) groups excluding carboxylic acids is 3. The Morgan fingerprint density at radius 1 is 1.28 bits per heavy atom. The highest BCUT2D eigenvalue weighted by atomic mass is 32.1. The predicted molar refractivity (Wildman–Crippen MR) is 107 cm³/mol. The number of nitrogens with one attached hydrogen (secondary N) is 1. The summed E-state index contributed by atoms with van der Waals surface area (Å²) in [6.07, 6.45) is -0.0201. The monoisotopic (exact) mass is 422 g/mol. The predicted octanol–water partition coefficient (Wildman–Crippen LogP) is 3.19. The Kier molecular flexibility index (Phi) is 6.85. The molecule has 0 radical (unpaired) electrons. The summed E-state index contributed by atoms with van der Waals surface area (Å²) in [6, 6.07) is 0. The summed E-state index contributed by atoms with van der Waals surface area (Å²) >= 11 is 1.02. The highest BCUT2D eigenvalue weighted by Crippen LogP contribution is 2.34. The summed E-state index contributed by atoms with van der Waals surface area (Å²) in [6.45, 7) is 8.07. The fourth-order valence-corrected chi connectivity index (χ4v) is 4.06. The molecule has 2 rings (SSSR count). The van der Waals surface area contributed by atoms with Crippen LogP contribution in [0.5, 0.6) is 0 Å². The van der Waals surface area contributed by atoms with E-state index in [2.05, 4.69) is 10.4 Å². The Hall–Kier alpha value is -3.08. The van der Waals surface area contributed by atoms with E-state index in [4.69, 9.17) is 4.74 Å². The van der Waals surface area contributed by atoms with Gasteiger partial charge in [-0.05, 0) is 40.2 Å². The van der Waals surface area contributed by atoms with Crippen molar-refractivity contribution in [2.24, 2.45) is 0 Å². The van der Waals surface area contributed by atoms with Crippen LogP contribution in [0.15, 0.2) is 0 Å². The number of Topliss-reactive ketones (excluding diaryl/α,β-unsaturated/α-hetero) is 1. The number of aryl methyl sites for hydroxylation is 2. The standard InChI is InChI=1S/C18H22N4O6S/c1-6-28-18(25)14-9(2)16(12(5)23)29-17(14)19-13(24)7-8-21-11(4)15(22(26)27)10(3)20-21/h6-8H2,1-5H3,(H,19,24). The number of amides is 1. The first-order chi connectivity index (χ1) is 13.6. The number of ether oxygens (including phenoxy) is 1. The summed E-state index contributed by atoms with van der Waals surface area (Å²) < 4.78 is 6.44. The van der Waals surface area contributed by atoms with Crippen LogP contribution in [0, 0.1) is 30.9 Å². The van der Waals surface area contributed by atoms with Gasteiger partial charge in [0, 0.05) is 6.42 Å². The van der Waals surface area contributed by atoms with Crippen LogP contribution < -0.4 is 5.32 Å². The van der Waals surface area contributed by atoms with Crippen LogP contribution >= 0.6 is 11.3 Å². The molecule has 29 heavy (non-hydrogen) atoms. The van der Waals surface area contributed by atoms with E-state index in [1.165, 1.54) is 18.5 Å². The van der Waals surface area contributed by atoms with Crippen molar-refractivity contribution >= 4 is 39.7 Å². The second kappa shape index (κ2) is 8.95. The van der Waals surface area contributed by atoms with Crippen molar-refractivity contribution in [3.05, 3.63) is 37.5 Å². The second-order valence-electron chi connectivity index (χ2n) is 6.33. The van der Waals surface area contributed by atoms with Gasteiger partial charge in [-0.15, -0.1) is 11.3 Å². The maximum absolute atomic E-state index is 12.4. The van der Waals surface area contributed by atoms with Gasteiger partial charge in [0.05, 0.1) is 28.5 Å². The van der Waals surface area contributed by atoms with Gasteiger partial charge in [-0.3, -0.25) is 24.4 Å². The third-order valence-electron chi connectivity index (χ3n) is 4.28. The number of hydrogen-bond donors (Lipinski definition) is 1. The molecule has 1 N–H and O–H groups in total. The maximum atomic E-state index is 12.4. The van der Waals surface area contributed by atoms with Crippen LogP contribution in [-0.2, 0) is 16.1 Å². The van der Waals surface area contributed by atoms with Gasteiger partial charge >= 0.3 is 11.7 Å². The summed E-state index contributed by atoms with van der Waals surface area (Å²) in [4.78, 5) is 47.5. The van der Waals surface area contributed by atoms with E-state index < -0.39 is 16.8 Å². The Balaban J connectivity index is 2.20. The lowest BCUT2D eigenvalue weighted by atomic mass is 10.1. The molecular formula is C18H22N4O6S. The largest absolute Gasteiger partial charge is 0.462 e. The number of hydrogen-bond acceptors (Lipinski definition) is 8. The molecule has 2 aromatic rings. The number of rotatable bonds is 8. The van der Waals surface area contributed by atoms with E-state index >= 15 is 0 Å². The number of nitro groups is 1. The molecule has 0 spiro atoms. The van der Waals surface area contributed by atoms with Crippen LogP contribution in [0.3, 0.4) is 0 Å². The highest BCUT2D eigenvalue weighted by molar-refractivity contribution is 7.18. The number of carbonyl (C=O) groups is 3. The summed E-state index contributed by atoms with van der Waals surface area (Å²) in [5, 5.41) is 18.1. The Labute approximate surface area is 171 Å². The minimum absolute atomic E-state index is 0.0201. The van der Waals surface area contributed by atoms with Crippen LogP contribution in [0.4, 0.5) is 10.7 Å². The van der Waals surface area contributed by atoms with Gasteiger partial charge in [0.15, 0.2) is 5.78 Å². The molecule has 0 saturated heterocycles. The molecule has 0 aliphatic heterocycles. The highest BCUT2D eigenvalue weighted by Gasteiger charge is 2.26. The van der Waals surface area contributed by atoms with Crippen molar-refractivity contribution < 1.29 is 24.0 Å². The molecule has 0 atom stereocenters. The van der Waals surface area contributed by atoms with Gasteiger partial charge in [0.2, 0.25) is 5.91 Å². The maximum Gasteiger partial charge on any atom is 0.341 e. The number of nitrogens with zero attached hydrogens (tertiary/aromatic N) is 3. The molecule has 1 amide bonds. The van der Waals surface area contributed by atoms with E-state index in [-0.39, 0.29) is 47.3 Å². The van der Waals surface area contributed by atoms with E-state index in [0.717, 1.165) is 11.3 Å². The second-order valence-corrected chi connectivity index (χ2v) is 7.36. The average molecular weight is 422 g/mol. The van der Waals surface area contributed by atoms with Crippen molar-refractivity contribution in [2.75, 3.05) is 11.9 Å². The topological polar surface area (TPSA) is 133 Å². The molecule has 0 aliphatic rings. The molecule has 0 unspecified atom stereocenters. The van der Waals surface area contributed by atoms with Gasteiger partial charge in [0.1, 0.15) is 16.4 Å². The third kappa shape index (κ3) is 4.67. The molecule has 0 aliphatic carbocycles. The van der Waals surface area contributed by atoms with E-state index in [1.54, 1.807) is 20.8 Å². The first kappa shape index (κ1) is 22.2. The molecule has 0 bridgehead atoms. The molecule has 156 valence electrons. The zero-order chi connectivity index (χ0) is 21.9. The number of ketones is 1. The first-order valence-corrected chi connectivity index (χ1v) is 9.69. The van der Waals surface area contributed by atoms with Crippen molar-refractivity contribution in [2.45, 2.75) is 47.6 Å². The molecule has 0 aromatic carbocycles. The van der Waals surface area contributed by atoms with Crippen LogP contribution in [0.2, 0.25) is 0 Å². The first-order valence-electron chi connectivity index (χ1n) is 8.88. The van der Waals surface area contributed by atoms with E-state index in [0.29, 0.717) is 16.1 Å². The number of anilines is 1. The lowest BCUT2D eigenvalue weighted by molar-refractivity contribution is -0.386. The van der Waals surface area contributed by atoms with Crippen molar-refractivity contribution in [3.8, 4) is 0 Å². The summed E-state index contributed by atoms with van der Waals surface area (Å²) in [5.74, 6) is -1.24. The van der Waals surface area contributed by atoms with Gasteiger partial charge in [-0.1, -0.05) is 0 Å². The summed E-state index contributed by atoms with van der Waals surface area (Å²) in [7, 11) is 0. The van der Waals surface area contributed by atoms with Crippen LogP contribution in [0.1, 0.15) is 57.2 Å². The number of aromatic nitrogens is 2. The minimum Gasteiger partial charge on any atom is -0.462 e. The van der Waals surface area contributed by atoms with Gasteiger partial charge in [-0.2, -0.15) is 5.10 Å². The third-order valence-corrected chi connectivity index (χ3v) is 5.58. The Morgan fingerprint density at radius 3 is 2.45 bits per heavy atom. The molecule has 0 fully saturated rings. The zero-order valence-electron chi connectivity index (χ0n) is 16.8. The summed E-state index contributed by atoms with van der Waals surface area (Å²) in [5.41, 5.74) is 1.19. The van der Waals surface area contributed by atoms with Crippen molar-refractivity contribution in [3.63, 3.8) is 0 Å². The molecule has 10 nitrogen and oxygen atoms in total. The SMILES string of the molecule is CCOC(=O)c1c(NC(=O)CCn2nc(C)c([N+](=O)[O-])c2C)sc(C(C)=O)c1C. The number of thiophene rings is 1. The average Bonchev–Trinajstić information content (AvgIpc) is 3.09.